The lowest BCUT2D eigenvalue weighted by atomic mass is 10.2. The molecule has 8 heteroatoms. The van der Waals surface area contributed by atoms with Gasteiger partial charge >= 0.3 is 0 Å². The minimum atomic E-state index is -0.606. The normalized spacial score (nSPS) is 10.2. The first-order valence-electron chi connectivity index (χ1n) is 5.75. The highest BCUT2D eigenvalue weighted by Gasteiger charge is 2.14. The van der Waals surface area contributed by atoms with Crippen molar-refractivity contribution >= 4 is 44.9 Å². The highest BCUT2D eigenvalue weighted by molar-refractivity contribution is 9.10. The molecule has 1 aromatic heterocycles. The molecule has 0 saturated carbocycles. The zero-order valence-corrected chi connectivity index (χ0v) is 13.1. The zero-order chi connectivity index (χ0) is 15.6. The number of anilines is 1. The van der Waals surface area contributed by atoms with E-state index in [9.17, 15) is 14.9 Å². The monoisotopic (exact) mass is 369 g/mol. The minimum Gasteiger partial charge on any atom is -0.307 e. The van der Waals surface area contributed by atoms with E-state index < -0.39 is 10.8 Å². The molecule has 21 heavy (non-hydrogen) atoms. The van der Waals surface area contributed by atoms with Crippen molar-refractivity contribution in [1.29, 1.82) is 0 Å². The number of nitrogens with zero attached hydrogens (tertiary/aromatic N) is 2. The summed E-state index contributed by atoms with van der Waals surface area (Å²) in [6, 6.07) is 5.38. The molecule has 0 aliphatic rings. The van der Waals surface area contributed by atoms with Crippen LogP contribution >= 0.6 is 27.5 Å². The van der Waals surface area contributed by atoms with Gasteiger partial charge in [0.1, 0.15) is 5.82 Å². The molecule has 0 unspecified atom stereocenters. The van der Waals surface area contributed by atoms with E-state index in [-0.39, 0.29) is 16.3 Å². The molecule has 1 amide bonds. The number of nitro groups is 1. The molecule has 6 nitrogen and oxygen atoms in total. The van der Waals surface area contributed by atoms with Crippen LogP contribution in [0, 0.1) is 17.0 Å². The van der Waals surface area contributed by atoms with Crippen LogP contribution in [0.15, 0.2) is 34.9 Å². The van der Waals surface area contributed by atoms with Gasteiger partial charge in [-0.3, -0.25) is 14.9 Å². The van der Waals surface area contributed by atoms with Crippen LogP contribution in [0.25, 0.3) is 0 Å². The second kappa shape index (κ2) is 6.19. The van der Waals surface area contributed by atoms with Crippen LogP contribution in [0.3, 0.4) is 0 Å². The van der Waals surface area contributed by atoms with Crippen molar-refractivity contribution in [3.05, 3.63) is 61.2 Å². The first kappa shape index (κ1) is 15.4. The molecule has 0 saturated heterocycles. The van der Waals surface area contributed by atoms with Crippen LogP contribution in [0.5, 0.6) is 0 Å². The molecule has 0 spiro atoms. The number of aryl methyl sites for hydroxylation is 1. The van der Waals surface area contributed by atoms with Gasteiger partial charge in [0, 0.05) is 33.4 Å². The number of hydrogen-bond donors (Lipinski definition) is 1. The molecule has 108 valence electrons. The van der Waals surface area contributed by atoms with Crippen LogP contribution in [-0.2, 0) is 0 Å². The smallest absolute Gasteiger partial charge is 0.271 e. The molecule has 0 radical (unpaired) electrons. The number of rotatable bonds is 3. The number of amides is 1. The standard InChI is InChI=1S/C13H9BrClN3O3/c1-7-2-12(16-6-11(7)14)17-13(19)8-3-9(15)5-10(4-8)18(20)21/h2-6H,1H3,(H,16,17,19). The number of benzene rings is 1. The van der Waals surface area contributed by atoms with Gasteiger partial charge in [-0.25, -0.2) is 4.98 Å². The van der Waals surface area contributed by atoms with E-state index >= 15 is 0 Å². The number of hydrogen-bond acceptors (Lipinski definition) is 4. The maximum Gasteiger partial charge on any atom is 0.271 e. The number of pyridine rings is 1. The first-order valence-corrected chi connectivity index (χ1v) is 6.92. The molecule has 0 aliphatic heterocycles. The number of carbonyl (C=O) groups is 1. The Bertz CT molecular complexity index is 737. The molecule has 1 N–H and O–H groups in total. The van der Waals surface area contributed by atoms with Gasteiger partial charge in [0.2, 0.25) is 0 Å². The van der Waals surface area contributed by atoms with E-state index in [1.165, 1.54) is 12.1 Å². The third-order valence-electron chi connectivity index (χ3n) is 2.64. The predicted molar refractivity (Wildman–Crippen MR) is 82.7 cm³/mol. The fraction of sp³-hybridized carbons (Fsp3) is 0.0769. The summed E-state index contributed by atoms with van der Waals surface area (Å²) in [5.41, 5.74) is 0.751. The van der Waals surface area contributed by atoms with Crippen LogP contribution in [0.2, 0.25) is 5.02 Å². The Hall–Kier alpha value is -1.99. The summed E-state index contributed by atoms with van der Waals surface area (Å²) in [6.07, 6.45) is 1.56. The molecule has 1 heterocycles. The van der Waals surface area contributed by atoms with Gasteiger partial charge in [0.15, 0.2) is 0 Å². The minimum absolute atomic E-state index is 0.0940. The number of nitrogens with one attached hydrogen (secondary N) is 1. The van der Waals surface area contributed by atoms with Crippen molar-refractivity contribution in [2.24, 2.45) is 0 Å². The van der Waals surface area contributed by atoms with Gasteiger partial charge in [-0.15, -0.1) is 0 Å². The van der Waals surface area contributed by atoms with E-state index in [4.69, 9.17) is 11.6 Å². The van der Waals surface area contributed by atoms with Crippen molar-refractivity contribution in [3.63, 3.8) is 0 Å². The Balaban J connectivity index is 2.27. The van der Waals surface area contributed by atoms with Crippen LogP contribution in [0.4, 0.5) is 11.5 Å². The topological polar surface area (TPSA) is 85.1 Å². The van der Waals surface area contributed by atoms with E-state index in [1.54, 1.807) is 12.3 Å². The Morgan fingerprint density at radius 3 is 2.71 bits per heavy atom. The molecule has 2 rings (SSSR count). The number of aromatic nitrogens is 1. The second-order valence-electron chi connectivity index (χ2n) is 4.23. The largest absolute Gasteiger partial charge is 0.307 e. The second-order valence-corrected chi connectivity index (χ2v) is 5.52. The Morgan fingerprint density at radius 2 is 2.10 bits per heavy atom. The SMILES string of the molecule is Cc1cc(NC(=O)c2cc(Cl)cc([N+](=O)[O-])c2)ncc1Br. The number of nitro benzene ring substituents is 1. The molecule has 0 atom stereocenters. The summed E-state index contributed by atoms with van der Waals surface area (Å²) in [7, 11) is 0. The van der Waals surface area contributed by atoms with E-state index in [0.717, 1.165) is 16.1 Å². The fourth-order valence-corrected chi connectivity index (χ4v) is 2.05. The summed E-state index contributed by atoms with van der Waals surface area (Å²) in [5.74, 6) is -0.168. The first-order chi connectivity index (χ1) is 9.86. The molecular formula is C13H9BrClN3O3. The third-order valence-corrected chi connectivity index (χ3v) is 3.69. The third kappa shape index (κ3) is 3.77. The van der Waals surface area contributed by atoms with Crippen LogP contribution in [-0.4, -0.2) is 15.8 Å². The van der Waals surface area contributed by atoms with E-state index in [2.05, 4.69) is 26.2 Å². The quantitative estimate of drug-likeness (QED) is 0.654. The Labute approximate surface area is 133 Å². The van der Waals surface area contributed by atoms with Crippen molar-refractivity contribution in [3.8, 4) is 0 Å². The highest BCUT2D eigenvalue weighted by Crippen LogP contribution is 2.22. The number of halogens is 2. The fourth-order valence-electron chi connectivity index (χ4n) is 1.61. The average molecular weight is 371 g/mol. The molecule has 0 fully saturated rings. The van der Waals surface area contributed by atoms with Crippen molar-refractivity contribution in [1.82, 2.24) is 4.98 Å². The van der Waals surface area contributed by atoms with Crippen molar-refractivity contribution in [2.45, 2.75) is 6.92 Å². The van der Waals surface area contributed by atoms with Crippen molar-refractivity contribution in [2.75, 3.05) is 5.32 Å². The summed E-state index contributed by atoms with van der Waals surface area (Å²) in [5, 5.41) is 13.5. The lowest BCUT2D eigenvalue weighted by Gasteiger charge is -2.06. The van der Waals surface area contributed by atoms with Gasteiger partial charge in [0.25, 0.3) is 11.6 Å². The summed E-state index contributed by atoms with van der Waals surface area (Å²) >= 11 is 9.09. The molecule has 2 aromatic rings. The lowest BCUT2D eigenvalue weighted by Crippen LogP contribution is -2.13. The average Bonchev–Trinajstić information content (AvgIpc) is 2.42. The van der Waals surface area contributed by atoms with Crippen LogP contribution < -0.4 is 5.32 Å². The number of non-ortho nitro benzene ring substituents is 1. The van der Waals surface area contributed by atoms with Gasteiger partial charge in [-0.2, -0.15) is 0 Å². The predicted octanol–water partition coefficient (Wildman–Crippen LogP) is 3.97. The molecule has 1 aromatic carbocycles. The zero-order valence-electron chi connectivity index (χ0n) is 10.8. The molecular weight excluding hydrogens is 362 g/mol. The van der Waals surface area contributed by atoms with Gasteiger partial charge in [0.05, 0.1) is 4.92 Å². The Morgan fingerprint density at radius 1 is 1.38 bits per heavy atom. The lowest BCUT2D eigenvalue weighted by molar-refractivity contribution is -0.384. The maximum absolute atomic E-state index is 12.1. The van der Waals surface area contributed by atoms with Gasteiger partial charge in [-0.05, 0) is 40.5 Å². The molecule has 0 bridgehead atoms. The summed E-state index contributed by atoms with van der Waals surface area (Å²) < 4.78 is 0.818. The summed E-state index contributed by atoms with van der Waals surface area (Å²) in [6.45, 7) is 1.85. The number of carbonyl (C=O) groups excluding carboxylic acids is 1. The van der Waals surface area contributed by atoms with Gasteiger partial charge in [-0.1, -0.05) is 11.6 Å². The van der Waals surface area contributed by atoms with Gasteiger partial charge < -0.3 is 5.32 Å². The van der Waals surface area contributed by atoms with Crippen LogP contribution in [0.1, 0.15) is 15.9 Å². The summed E-state index contributed by atoms with van der Waals surface area (Å²) in [4.78, 5) is 26.3. The van der Waals surface area contributed by atoms with E-state index in [1.807, 2.05) is 6.92 Å². The van der Waals surface area contributed by atoms with E-state index in [0.29, 0.717) is 5.82 Å². The highest BCUT2D eigenvalue weighted by atomic mass is 79.9. The maximum atomic E-state index is 12.1. The Kier molecular flexibility index (Phi) is 4.54. The molecule has 0 aliphatic carbocycles. The van der Waals surface area contributed by atoms with Crippen molar-refractivity contribution < 1.29 is 9.72 Å².